The summed E-state index contributed by atoms with van der Waals surface area (Å²) in [5, 5.41) is 13.0. The van der Waals surface area contributed by atoms with Gasteiger partial charge in [0.05, 0.1) is 11.5 Å². The first-order valence-electron chi connectivity index (χ1n) is 8.68. The van der Waals surface area contributed by atoms with E-state index in [1.807, 2.05) is 12.1 Å². The number of nitrogens with one attached hydrogen (secondary N) is 1. The highest BCUT2D eigenvalue weighted by Crippen LogP contribution is 2.12. The van der Waals surface area contributed by atoms with E-state index in [9.17, 15) is 19.7 Å². The lowest BCUT2D eigenvalue weighted by atomic mass is 10.2. The lowest BCUT2D eigenvalue weighted by Crippen LogP contribution is -2.39. The van der Waals surface area contributed by atoms with Crippen molar-refractivity contribution in [2.75, 3.05) is 6.61 Å². The number of aryl methyl sites for hydroxylation is 1. The summed E-state index contributed by atoms with van der Waals surface area (Å²) < 4.78 is 10.1. The SMILES string of the molecule is CC(NC(=O)OCCCc1cccnc1)C(=O)OCc1ccc([N+](=O)[O-])cc1. The zero-order valence-electron chi connectivity index (χ0n) is 15.4. The number of benzene rings is 1. The summed E-state index contributed by atoms with van der Waals surface area (Å²) >= 11 is 0. The number of nitrogens with zero attached hydrogens (tertiary/aromatic N) is 2. The van der Waals surface area contributed by atoms with Gasteiger partial charge in [0.15, 0.2) is 0 Å². The van der Waals surface area contributed by atoms with Crippen molar-refractivity contribution in [3.05, 3.63) is 70.0 Å². The molecule has 28 heavy (non-hydrogen) atoms. The summed E-state index contributed by atoms with van der Waals surface area (Å²) in [5.74, 6) is -0.634. The molecule has 9 nitrogen and oxygen atoms in total. The van der Waals surface area contributed by atoms with Gasteiger partial charge in [0.25, 0.3) is 5.69 Å². The number of nitro benzene ring substituents is 1. The average molecular weight is 387 g/mol. The van der Waals surface area contributed by atoms with Gasteiger partial charge in [-0.2, -0.15) is 0 Å². The molecule has 0 aliphatic carbocycles. The van der Waals surface area contributed by atoms with Gasteiger partial charge in [-0.3, -0.25) is 15.1 Å². The number of alkyl carbamates (subject to hydrolysis) is 1. The summed E-state index contributed by atoms with van der Waals surface area (Å²) in [6.07, 6.45) is 4.11. The standard InChI is InChI=1S/C19H21N3O6/c1-14(18(23)28-13-16-6-8-17(9-7-16)22(25)26)21-19(24)27-11-3-5-15-4-2-10-20-12-15/h2,4,6-10,12,14H,3,5,11,13H2,1H3,(H,21,24). The van der Waals surface area contributed by atoms with E-state index in [1.54, 1.807) is 12.4 Å². The van der Waals surface area contributed by atoms with E-state index in [4.69, 9.17) is 9.47 Å². The van der Waals surface area contributed by atoms with E-state index >= 15 is 0 Å². The Kier molecular flexibility index (Phi) is 7.89. The quantitative estimate of drug-likeness (QED) is 0.304. The van der Waals surface area contributed by atoms with Crippen LogP contribution in [-0.2, 0) is 27.3 Å². The molecule has 1 unspecified atom stereocenters. The average Bonchev–Trinajstić information content (AvgIpc) is 2.70. The molecule has 1 aromatic carbocycles. The first-order valence-corrected chi connectivity index (χ1v) is 8.68. The minimum Gasteiger partial charge on any atom is -0.459 e. The van der Waals surface area contributed by atoms with Gasteiger partial charge in [-0.1, -0.05) is 6.07 Å². The van der Waals surface area contributed by atoms with Crippen LogP contribution in [0.15, 0.2) is 48.8 Å². The van der Waals surface area contributed by atoms with Gasteiger partial charge >= 0.3 is 12.1 Å². The summed E-state index contributed by atoms with van der Waals surface area (Å²) in [6, 6.07) is 8.55. The number of aromatic nitrogens is 1. The zero-order valence-corrected chi connectivity index (χ0v) is 15.4. The van der Waals surface area contributed by atoms with Crippen LogP contribution in [0.5, 0.6) is 0 Å². The number of carbonyl (C=O) groups excluding carboxylic acids is 2. The lowest BCUT2D eigenvalue weighted by molar-refractivity contribution is -0.384. The maximum absolute atomic E-state index is 11.9. The van der Waals surface area contributed by atoms with Crippen molar-refractivity contribution in [3.8, 4) is 0 Å². The van der Waals surface area contributed by atoms with Crippen molar-refractivity contribution >= 4 is 17.7 Å². The van der Waals surface area contributed by atoms with Gasteiger partial charge in [-0.15, -0.1) is 0 Å². The number of rotatable bonds is 9. The molecule has 0 spiro atoms. The van der Waals surface area contributed by atoms with Crippen LogP contribution in [0.25, 0.3) is 0 Å². The van der Waals surface area contributed by atoms with Gasteiger partial charge in [0.2, 0.25) is 0 Å². The van der Waals surface area contributed by atoms with Crippen molar-refractivity contribution < 1.29 is 24.0 Å². The zero-order chi connectivity index (χ0) is 20.4. The first kappa shape index (κ1) is 20.8. The highest BCUT2D eigenvalue weighted by Gasteiger charge is 2.18. The number of esters is 1. The fourth-order valence-corrected chi connectivity index (χ4v) is 2.26. The number of ether oxygens (including phenoxy) is 2. The molecular weight excluding hydrogens is 366 g/mol. The molecular formula is C19H21N3O6. The highest BCUT2D eigenvalue weighted by molar-refractivity contribution is 5.80. The Morgan fingerprint density at radius 3 is 2.57 bits per heavy atom. The molecule has 0 saturated carbocycles. The van der Waals surface area contributed by atoms with Crippen molar-refractivity contribution in [3.63, 3.8) is 0 Å². The van der Waals surface area contributed by atoms with Gasteiger partial charge in [-0.05, 0) is 49.1 Å². The third-order valence-corrected chi connectivity index (χ3v) is 3.78. The number of amides is 1. The first-order chi connectivity index (χ1) is 13.5. The van der Waals surface area contributed by atoms with Crippen LogP contribution in [0.1, 0.15) is 24.5 Å². The minimum absolute atomic E-state index is 0.0450. The Bertz CT molecular complexity index is 795. The van der Waals surface area contributed by atoms with Gasteiger partial charge in [0.1, 0.15) is 12.6 Å². The van der Waals surface area contributed by atoms with Crippen LogP contribution in [0, 0.1) is 10.1 Å². The monoisotopic (exact) mass is 387 g/mol. The molecule has 0 aliphatic heterocycles. The summed E-state index contributed by atoms with van der Waals surface area (Å²) in [4.78, 5) is 37.8. The third kappa shape index (κ3) is 7.02. The molecule has 0 saturated heterocycles. The molecule has 9 heteroatoms. The Labute approximate surface area is 161 Å². The van der Waals surface area contributed by atoms with E-state index < -0.39 is 23.0 Å². The van der Waals surface area contributed by atoms with E-state index in [1.165, 1.54) is 31.2 Å². The second kappa shape index (κ2) is 10.6. The third-order valence-electron chi connectivity index (χ3n) is 3.78. The molecule has 148 valence electrons. The molecule has 1 N–H and O–H groups in total. The van der Waals surface area contributed by atoms with E-state index in [0.717, 1.165) is 12.0 Å². The van der Waals surface area contributed by atoms with Gasteiger partial charge < -0.3 is 14.8 Å². The van der Waals surface area contributed by atoms with Crippen LogP contribution in [0.3, 0.4) is 0 Å². The summed E-state index contributed by atoms with van der Waals surface area (Å²) in [6.45, 7) is 1.64. The largest absolute Gasteiger partial charge is 0.459 e. The second-order valence-corrected chi connectivity index (χ2v) is 6.00. The van der Waals surface area contributed by atoms with Gasteiger partial charge in [0, 0.05) is 24.5 Å². The molecule has 0 aliphatic rings. The number of pyridine rings is 1. The van der Waals surface area contributed by atoms with Crippen molar-refractivity contribution in [2.45, 2.75) is 32.4 Å². The number of non-ortho nitro benzene ring substituents is 1. The van der Waals surface area contributed by atoms with E-state index in [2.05, 4.69) is 10.3 Å². The molecule has 2 aromatic rings. The molecule has 0 bridgehead atoms. The molecule has 0 radical (unpaired) electrons. The van der Waals surface area contributed by atoms with E-state index in [-0.39, 0.29) is 18.9 Å². The second-order valence-electron chi connectivity index (χ2n) is 6.00. The van der Waals surface area contributed by atoms with Crippen LogP contribution < -0.4 is 5.32 Å². The number of hydrogen-bond donors (Lipinski definition) is 1. The van der Waals surface area contributed by atoms with Crippen molar-refractivity contribution in [1.29, 1.82) is 0 Å². The number of hydrogen-bond acceptors (Lipinski definition) is 7. The smallest absolute Gasteiger partial charge is 0.407 e. The highest BCUT2D eigenvalue weighted by atomic mass is 16.6. The number of nitro groups is 1. The number of carbonyl (C=O) groups is 2. The molecule has 0 fully saturated rings. The fourth-order valence-electron chi connectivity index (χ4n) is 2.26. The van der Waals surface area contributed by atoms with Crippen molar-refractivity contribution in [2.24, 2.45) is 0 Å². The van der Waals surface area contributed by atoms with Gasteiger partial charge in [-0.25, -0.2) is 9.59 Å². The molecule has 1 heterocycles. The Hall–Kier alpha value is -3.49. The van der Waals surface area contributed by atoms with Crippen molar-refractivity contribution in [1.82, 2.24) is 10.3 Å². The summed E-state index contributed by atoms with van der Waals surface area (Å²) in [7, 11) is 0. The van der Waals surface area contributed by atoms with Crippen LogP contribution in [-0.4, -0.2) is 34.6 Å². The molecule has 1 aromatic heterocycles. The van der Waals surface area contributed by atoms with E-state index in [0.29, 0.717) is 12.0 Å². The predicted octanol–water partition coefficient (Wildman–Crippen LogP) is 2.78. The van der Waals surface area contributed by atoms with Crippen LogP contribution in [0.2, 0.25) is 0 Å². The Morgan fingerprint density at radius 1 is 1.18 bits per heavy atom. The fraction of sp³-hybridized carbons (Fsp3) is 0.316. The molecule has 2 rings (SSSR count). The Morgan fingerprint density at radius 2 is 1.93 bits per heavy atom. The normalized spacial score (nSPS) is 11.3. The maximum Gasteiger partial charge on any atom is 0.407 e. The lowest BCUT2D eigenvalue weighted by Gasteiger charge is -2.13. The Balaban J connectivity index is 1.65. The maximum atomic E-state index is 11.9. The minimum atomic E-state index is -0.885. The van der Waals surface area contributed by atoms with Crippen LogP contribution >= 0.6 is 0 Å². The molecule has 1 amide bonds. The topological polar surface area (TPSA) is 121 Å². The predicted molar refractivity (Wildman–Crippen MR) is 99.4 cm³/mol. The molecule has 1 atom stereocenters. The van der Waals surface area contributed by atoms with Crippen LogP contribution in [0.4, 0.5) is 10.5 Å². The summed E-state index contributed by atoms with van der Waals surface area (Å²) in [5.41, 5.74) is 1.61.